The first-order chi connectivity index (χ1) is 9.38. The Morgan fingerprint density at radius 3 is 2.58 bits per heavy atom. The van der Waals surface area contributed by atoms with Gasteiger partial charge >= 0.3 is 0 Å². The van der Waals surface area contributed by atoms with Crippen molar-refractivity contribution in [2.75, 3.05) is 44.8 Å². The molecular weight excluding hydrogens is 240 g/mol. The molecule has 1 heterocycles. The van der Waals surface area contributed by atoms with Crippen LogP contribution in [0, 0.1) is 0 Å². The van der Waals surface area contributed by atoms with E-state index in [0.717, 1.165) is 26.2 Å². The van der Waals surface area contributed by atoms with Gasteiger partial charge in [0.15, 0.2) is 0 Å². The molecule has 0 bridgehead atoms. The molecule has 0 radical (unpaired) electrons. The second-order valence-electron chi connectivity index (χ2n) is 4.96. The molecule has 4 nitrogen and oxygen atoms in total. The van der Waals surface area contributed by atoms with Gasteiger partial charge in [0.2, 0.25) is 0 Å². The molecule has 0 spiro atoms. The number of ether oxygens (including phenoxy) is 1. The van der Waals surface area contributed by atoms with Gasteiger partial charge in [-0.2, -0.15) is 0 Å². The number of nitrogens with zero attached hydrogens (tertiary/aromatic N) is 1. The second-order valence-corrected chi connectivity index (χ2v) is 4.96. The van der Waals surface area contributed by atoms with Crippen molar-refractivity contribution in [2.24, 2.45) is 0 Å². The van der Waals surface area contributed by atoms with E-state index in [4.69, 9.17) is 9.84 Å². The molecule has 106 valence electrons. The van der Waals surface area contributed by atoms with Crippen LogP contribution in [0.25, 0.3) is 0 Å². The highest BCUT2D eigenvalue weighted by Gasteiger charge is 2.18. The summed E-state index contributed by atoms with van der Waals surface area (Å²) in [7, 11) is 0. The van der Waals surface area contributed by atoms with Crippen LogP contribution in [0.3, 0.4) is 0 Å². The van der Waals surface area contributed by atoms with E-state index in [2.05, 4.69) is 34.5 Å². The molecule has 19 heavy (non-hydrogen) atoms. The normalized spacial score (nSPS) is 17.5. The van der Waals surface area contributed by atoms with Gasteiger partial charge in [-0.05, 0) is 25.0 Å². The Bertz CT molecular complexity index is 337. The van der Waals surface area contributed by atoms with Gasteiger partial charge in [-0.3, -0.25) is 0 Å². The Kier molecular flexibility index (Phi) is 6.14. The molecule has 0 aliphatic carbocycles. The van der Waals surface area contributed by atoms with Crippen molar-refractivity contribution in [2.45, 2.75) is 18.9 Å². The fourth-order valence-corrected chi connectivity index (χ4v) is 2.43. The lowest BCUT2D eigenvalue weighted by molar-refractivity contribution is 0.0687. The Morgan fingerprint density at radius 2 is 1.89 bits per heavy atom. The molecule has 1 aliphatic heterocycles. The van der Waals surface area contributed by atoms with Gasteiger partial charge < -0.3 is 20.1 Å². The van der Waals surface area contributed by atoms with E-state index < -0.39 is 0 Å². The maximum Gasteiger partial charge on any atom is 0.0698 e. The zero-order valence-corrected chi connectivity index (χ0v) is 11.4. The number of aliphatic hydroxyl groups is 1. The minimum atomic E-state index is 0.114. The molecule has 2 rings (SSSR count). The molecule has 0 saturated carbocycles. The van der Waals surface area contributed by atoms with Crippen LogP contribution in [-0.4, -0.2) is 55.5 Å². The van der Waals surface area contributed by atoms with Gasteiger partial charge in [-0.15, -0.1) is 0 Å². The standard InChI is InChI=1S/C15H24N2O2/c18-11-13-19-12-10-17-8-6-15(7-9-17)16-14-4-2-1-3-5-14/h1-5,15-16,18H,6-13H2. The van der Waals surface area contributed by atoms with Crippen molar-refractivity contribution in [1.29, 1.82) is 0 Å². The van der Waals surface area contributed by atoms with Crippen LogP contribution in [0.5, 0.6) is 0 Å². The van der Waals surface area contributed by atoms with E-state index >= 15 is 0 Å². The summed E-state index contributed by atoms with van der Waals surface area (Å²) in [6.07, 6.45) is 2.35. The average Bonchev–Trinajstić information content (AvgIpc) is 2.46. The summed E-state index contributed by atoms with van der Waals surface area (Å²) in [6.45, 7) is 4.49. The number of likely N-dealkylation sites (tertiary alicyclic amines) is 1. The van der Waals surface area contributed by atoms with Crippen molar-refractivity contribution >= 4 is 5.69 Å². The molecule has 0 atom stereocenters. The van der Waals surface area contributed by atoms with Crippen molar-refractivity contribution in [1.82, 2.24) is 4.90 Å². The van der Waals surface area contributed by atoms with Crippen LogP contribution in [0.4, 0.5) is 5.69 Å². The largest absolute Gasteiger partial charge is 0.394 e. The number of rotatable bonds is 7. The Hall–Kier alpha value is -1.10. The molecule has 1 saturated heterocycles. The number of hydrogen-bond acceptors (Lipinski definition) is 4. The van der Waals surface area contributed by atoms with Crippen molar-refractivity contribution in [3.63, 3.8) is 0 Å². The monoisotopic (exact) mass is 264 g/mol. The van der Waals surface area contributed by atoms with Crippen LogP contribution in [-0.2, 0) is 4.74 Å². The van der Waals surface area contributed by atoms with Gasteiger partial charge in [-0.1, -0.05) is 18.2 Å². The number of para-hydroxylation sites is 1. The summed E-state index contributed by atoms with van der Waals surface area (Å²) >= 11 is 0. The first kappa shape index (κ1) is 14.3. The molecule has 0 aromatic heterocycles. The Balaban J connectivity index is 1.62. The van der Waals surface area contributed by atoms with Crippen LogP contribution in [0.1, 0.15) is 12.8 Å². The summed E-state index contributed by atoms with van der Waals surface area (Å²) in [5, 5.41) is 12.2. The maximum absolute atomic E-state index is 8.63. The lowest BCUT2D eigenvalue weighted by Crippen LogP contribution is -2.40. The summed E-state index contributed by atoms with van der Waals surface area (Å²) in [4.78, 5) is 2.43. The number of benzene rings is 1. The van der Waals surface area contributed by atoms with E-state index in [0.29, 0.717) is 12.6 Å². The van der Waals surface area contributed by atoms with Crippen LogP contribution in [0.15, 0.2) is 30.3 Å². The number of nitrogens with one attached hydrogen (secondary N) is 1. The summed E-state index contributed by atoms with van der Waals surface area (Å²) < 4.78 is 5.30. The minimum absolute atomic E-state index is 0.114. The highest BCUT2D eigenvalue weighted by Crippen LogP contribution is 2.16. The zero-order chi connectivity index (χ0) is 13.3. The van der Waals surface area contributed by atoms with E-state index in [1.807, 2.05) is 6.07 Å². The number of aliphatic hydroxyl groups excluding tert-OH is 1. The molecule has 0 amide bonds. The van der Waals surface area contributed by atoms with Crippen molar-refractivity contribution in [3.05, 3.63) is 30.3 Å². The Labute approximate surface area is 115 Å². The van der Waals surface area contributed by atoms with Crippen molar-refractivity contribution < 1.29 is 9.84 Å². The second kappa shape index (κ2) is 8.15. The molecule has 1 aromatic carbocycles. The zero-order valence-electron chi connectivity index (χ0n) is 11.4. The van der Waals surface area contributed by atoms with E-state index in [-0.39, 0.29) is 6.61 Å². The number of piperidine rings is 1. The van der Waals surface area contributed by atoms with E-state index in [1.54, 1.807) is 0 Å². The van der Waals surface area contributed by atoms with Crippen molar-refractivity contribution in [3.8, 4) is 0 Å². The first-order valence-electron chi connectivity index (χ1n) is 7.11. The summed E-state index contributed by atoms with van der Waals surface area (Å²) in [5.74, 6) is 0. The molecule has 4 heteroatoms. The molecule has 1 aromatic rings. The Morgan fingerprint density at radius 1 is 1.16 bits per heavy atom. The average molecular weight is 264 g/mol. The third-order valence-corrected chi connectivity index (χ3v) is 3.52. The molecule has 1 aliphatic rings. The van der Waals surface area contributed by atoms with Gasteiger partial charge in [-0.25, -0.2) is 0 Å². The third-order valence-electron chi connectivity index (χ3n) is 3.52. The fraction of sp³-hybridized carbons (Fsp3) is 0.600. The predicted molar refractivity (Wildman–Crippen MR) is 77.4 cm³/mol. The smallest absolute Gasteiger partial charge is 0.0698 e. The lowest BCUT2D eigenvalue weighted by atomic mass is 10.0. The highest BCUT2D eigenvalue weighted by molar-refractivity contribution is 5.43. The summed E-state index contributed by atoms with van der Waals surface area (Å²) in [5.41, 5.74) is 1.22. The lowest BCUT2D eigenvalue weighted by Gasteiger charge is -2.32. The molecule has 2 N–H and O–H groups in total. The number of anilines is 1. The van der Waals surface area contributed by atoms with Gasteiger partial charge in [0.25, 0.3) is 0 Å². The first-order valence-corrected chi connectivity index (χ1v) is 7.11. The molecule has 0 unspecified atom stereocenters. The predicted octanol–water partition coefficient (Wildman–Crippen LogP) is 1.57. The van der Waals surface area contributed by atoms with Crippen LogP contribution < -0.4 is 5.32 Å². The molecule has 1 fully saturated rings. The van der Waals surface area contributed by atoms with Crippen LogP contribution >= 0.6 is 0 Å². The quantitative estimate of drug-likeness (QED) is 0.734. The third kappa shape index (κ3) is 5.19. The minimum Gasteiger partial charge on any atom is -0.394 e. The SMILES string of the molecule is OCCOCCN1CCC(Nc2ccccc2)CC1. The fourth-order valence-electron chi connectivity index (χ4n) is 2.43. The summed E-state index contributed by atoms with van der Waals surface area (Å²) in [6, 6.07) is 11.0. The van der Waals surface area contributed by atoms with Gasteiger partial charge in [0.05, 0.1) is 19.8 Å². The van der Waals surface area contributed by atoms with Crippen LogP contribution in [0.2, 0.25) is 0 Å². The van der Waals surface area contributed by atoms with E-state index in [1.165, 1.54) is 18.5 Å². The topological polar surface area (TPSA) is 44.7 Å². The van der Waals surface area contributed by atoms with E-state index in [9.17, 15) is 0 Å². The highest BCUT2D eigenvalue weighted by atomic mass is 16.5. The maximum atomic E-state index is 8.63. The molecular formula is C15H24N2O2. The van der Waals surface area contributed by atoms with Gasteiger partial charge in [0.1, 0.15) is 0 Å². The number of hydrogen-bond donors (Lipinski definition) is 2. The van der Waals surface area contributed by atoms with Gasteiger partial charge in [0, 0.05) is 31.4 Å².